The van der Waals surface area contributed by atoms with E-state index in [0.717, 1.165) is 59.1 Å². The molecule has 0 unspecified atom stereocenters. The van der Waals surface area contributed by atoms with E-state index in [9.17, 15) is 13.9 Å². The third-order valence-corrected chi connectivity index (χ3v) is 14.8. The summed E-state index contributed by atoms with van der Waals surface area (Å²) in [7, 11) is -1.43. The number of aliphatic hydroxyl groups is 2. The van der Waals surface area contributed by atoms with Crippen LogP contribution in [0.25, 0.3) is 55.7 Å². The number of nitrogens with one attached hydrogen (secondary N) is 2. The van der Waals surface area contributed by atoms with Crippen LogP contribution in [0.4, 0.5) is 51.9 Å². The second-order valence-corrected chi connectivity index (χ2v) is 20.5. The van der Waals surface area contributed by atoms with Gasteiger partial charge in [-0.15, -0.1) is 0 Å². The quantitative estimate of drug-likeness (QED) is 0.0497. The number of hydrogen-bond acceptors (Lipinski definition) is 16. The molecule has 2 fully saturated rings. The van der Waals surface area contributed by atoms with Gasteiger partial charge < -0.3 is 50.2 Å². The molecule has 84 heavy (non-hydrogen) atoms. The van der Waals surface area contributed by atoms with Crippen molar-refractivity contribution in [2.75, 3.05) is 73.0 Å². The first-order valence-electron chi connectivity index (χ1n) is 26.8. The number of pyridine rings is 6. The normalized spacial score (nSPS) is 13.2. The van der Waals surface area contributed by atoms with Gasteiger partial charge in [-0.25, -0.2) is 37.5 Å². The Bertz CT molecular complexity index is 3930. The van der Waals surface area contributed by atoms with Crippen LogP contribution in [0.5, 0.6) is 0 Å². The number of benzene rings is 4. The lowest BCUT2D eigenvalue weighted by atomic mass is 9.80. The summed E-state index contributed by atoms with van der Waals surface area (Å²) in [5.41, 5.74) is 10.0. The molecule has 22 heteroatoms. The van der Waals surface area contributed by atoms with E-state index < -0.39 is 30.4 Å². The summed E-state index contributed by atoms with van der Waals surface area (Å²) in [5, 5.41) is 42.8. The molecular formula is C62H56BBrF4N10O6. The van der Waals surface area contributed by atoms with Gasteiger partial charge in [0.05, 0.1) is 111 Å². The fourth-order valence-corrected chi connectivity index (χ4v) is 10.0. The number of aliphatic hydroxyl groups excluding tert-OH is 2. The largest absolute Gasteiger partial charge is 0.488 e. The van der Waals surface area contributed by atoms with Gasteiger partial charge in [-0.05, 0) is 76.2 Å². The van der Waals surface area contributed by atoms with Crippen LogP contribution < -0.4 is 25.9 Å². The summed E-state index contributed by atoms with van der Waals surface area (Å²) < 4.78 is 70.5. The number of morpholine rings is 2. The van der Waals surface area contributed by atoms with Gasteiger partial charge in [0.15, 0.2) is 0 Å². The van der Waals surface area contributed by atoms with E-state index in [4.69, 9.17) is 29.6 Å². The molecule has 0 aliphatic carbocycles. The van der Waals surface area contributed by atoms with Gasteiger partial charge in [0.1, 0.15) is 34.9 Å². The number of ether oxygens (including phenoxy) is 2. The first-order valence-corrected chi connectivity index (χ1v) is 27.6. The monoisotopic (exact) mass is 1200 g/mol. The lowest BCUT2D eigenvalue weighted by Crippen LogP contribution is -2.36. The average Bonchev–Trinajstić information content (AvgIpc) is 2.81. The summed E-state index contributed by atoms with van der Waals surface area (Å²) in [6.45, 7) is 8.97. The molecule has 428 valence electrons. The average molecular weight is 1200 g/mol. The van der Waals surface area contributed by atoms with Crippen molar-refractivity contribution in [3.63, 3.8) is 0 Å². The van der Waals surface area contributed by atoms with Gasteiger partial charge >= 0.3 is 7.12 Å². The van der Waals surface area contributed by atoms with E-state index in [1.54, 1.807) is 61.2 Å². The molecule has 0 bridgehead atoms. The van der Waals surface area contributed by atoms with Crippen LogP contribution in [-0.4, -0.2) is 110 Å². The number of anilines is 6. The number of fused-ring (bicyclic) bond motifs is 2. The van der Waals surface area contributed by atoms with Crippen LogP contribution in [-0.2, 0) is 22.7 Å². The van der Waals surface area contributed by atoms with Gasteiger partial charge in [-0.2, -0.15) is 0 Å². The number of aromatic nitrogens is 6. The van der Waals surface area contributed by atoms with Crippen LogP contribution in [0.3, 0.4) is 0 Å². The third kappa shape index (κ3) is 13.5. The van der Waals surface area contributed by atoms with E-state index in [-0.39, 0.29) is 35.0 Å². The zero-order valence-electron chi connectivity index (χ0n) is 45.6. The SMILES string of the molecule is Cc1c(-c2ccccn2)nc2cc(F)cc(F)c2c1Nc1cc(N2CCOCC2)ncc1-c1ccc(CO)cc1.Cc1c(-c2ccccn2)nc2cc(F)cc(F)c2c1Nc1cc(N2CCOCC2)ncc1Br.OCc1ccc(B(O)O)cc1. The van der Waals surface area contributed by atoms with Crippen molar-refractivity contribution in [2.24, 2.45) is 0 Å². The van der Waals surface area contributed by atoms with Crippen LogP contribution in [0.1, 0.15) is 22.3 Å². The number of halogens is 5. The predicted octanol–water partition coefficient (Wildman–Crippen LogP) is 10.5. The molecule has 0 amide bonds. The predicted molar refractivity (Wildman–Crippen MR) is 322 cm³/mol. The molecule has 10 aromatic rings. The second kappa shape index (κ2) is 26.8. The molecule has 6 N–H and O–H groups in total. The molecule has 16 nitrogen and oxygen atoms in total. The van der Waals surface area contributed by atoms with Crippen molar-refractivity contribution < 1.29 is 47.3 Å². The lowest BCUT2D eigenvalue weighted by molar-refractivity contribution is 0.122. The molecule has 4 aromatic carbocycles. The zero-order valence-corrected chi connectivity index (χ0v) is 47.2. The van der Waals surface area contributed by atoms with Gasteiger partial charge in [0.25, 0.3) is 0 Å². The molecule has 0 spiro atoms. The fraction of sp³-hybridized carbons (Fsp3) is 0.194. The van der Waals surface area contributed by atoms with Crippen LogP contribution in [0.2, 0.25) is 0 Å². The van der Waals surface area contributed by atoms with E-state index >= 15 is 8.78 Å². The summed E-state index contributed by atoms with van der Waals surface area (Å²) >= 11 is 3.54. The lowest BCUT2D eigenvalue weighted by Gasteiger charge is -2.28. The Labute approximate surface area is 489 Å². The number of hydrogen-bond donors (Lipinski definition) is 6. The van der Waals surface area contributed by atoms with Crippen molar-refractivity contribution in [1.29, 1.82) is 0 Å². The summed E-state index contributed by atoms with van der Waals surface area (Å²) in [6.07, 6.45) is 6.82. The smallest absolute Gasteiger partial charge is 0.423 e. The molecule has 12 rings (SSSR count). The third-order valence-electron chi connectivity index (χ3n) is 14.1. The van der Waals surface area contributed by atoms with Crippen molar-refractivity contribution in [3.05, 3.63) is 196 Å². The molecule has 2 aliphatic heterocycles. The Kier molecular flexibility index (Phi) is 18.8. The Balaban J connectivity index is 0.000000161. The van der Waals surface area contributed by atoms with Crippen molar-refractivity contribution in [3.8, 4) is 33.9 Å². The van der Waals surface area contributed by atoms with Crippen molar-refractivity contribution >= 4 is 84.7 Å². The summed E-state index contributed by atoms with van der Waals surface area (Å²) in [4.78, 5) is 31.5. The second-order valence-electron chi connectivity index (χ2n) is 19.6. The standard InChI is InChI=1S/C31H27F2N5O2.C24H20BrF2N5O.C7H9BO3/c1-19-30(25-4-2-3-9-34-25)37-27-15-22(32)14-24(33)29(27)31(19)36-26-16-28(38-10-12-40-13-11-38)35-17-23(26)21-7-5-20(18-39)6-8-21;1-14-23(18-4-2-3-5-28-18)31-20-11-15(26)10-17(27)22(20)24(14)30-19-12-21(29-13-16(19)25)32-6-8-33-9-7-32;9-5-6-1-3-7(4-2-6)8(10)11/h2-9,14-17,39H,10-13,18H2,1H3,(H,35,36,37);2-5,10-13H,6-9H2,1H3,(H,29,30,31);1-4,9-11H,5H2. The van der Waals surface area contributed by atoms with Gasteiger partial charge in [0, 0.05) is 104 Å². The molecule has 2 aliphatic rings. The highest BCUT2D eigenvalue weighted by Crippen LogP contribution is 2.41. The minimum Gasteiger partial charge on any atom is -0.423 e. The Morgan fingerprint density at radius 2 is 1.01 bits per heavy atom. The van der Waals surface area contributed by atoms with Crippen LogP contribution in [0.15, 0.2) is 151 Å². The van der Waals surface area contributed by atoms with E-state index in [2.05, 4.69) is 61.3 Å². The molecule has 0 atom stereocenters. The van der Waals surface area contributed by atoms with E-state index in [0.29, 0.717) is 106 Å². The van der Waals surface area contributed by atoms with Crippen molar-refractivity contribution in [1.82, 2.24) is 29.9 Å². The fourth-order valence-electron chi connectivity index (χ4n) is 9.71. The highest BCUT2D eigenvalue weighted by atomic mass is 79.9. The Morgan fingerprint density at radius 1 is 0.560 bits per heavy atom. The highest BCUT2D eigenvalue weighted by Gasteiger charge is 2.24. The van der Waals surface area contributed by atoms with Gasteiger partial charge in [-0.1, -0.05) is 60.7 Å². The maximum atomic E-state index is 15.4. The minimum absolute atomic E-state index is 0.0260. The minimum atomic E-state index is -1.43. The van der Waals surface area contributed by atoms with Crippen LogP contribution in [0, 0.1) is 37.1 Å². The molecule has 8 heterocycles. The Hall–Kier alpha value is -8.48. The maximum absolute atomic E-state index is 15.4. The maximum Gasteiger partial charge on any atom is 0.488 e. The Morgan fingerprint density at radius 3 is 1.46 bits per heavy atom. The van der Waals surface area contributed by atoms with E-state index in [1.807, 2.05) is 74.5 Å². The molecule has 6 aromatic heterocycles. The number of rotatable bonds is 12. The zero-order chi connectivity index (χ0) is 58.9. The van der Waals surface area contributed by atoms with Gasteiger partial charge in [-0.3, -0.25) is 9.97 Å². The topological polar surface area (TPSA) is 207 Å². The molecule has 0 radical (unpaired) electrons. The first kappa shape index (κ1) is 58.7. The van der Waals surface area contributed by atoms with Gasteiger partial charge in [0.2, 0.25) is 0 Å². The highest BCUT2D eigenvalue weighted by molar-refractivity contribution is 9.10. The molecule has 2 saturated heterocycles. The van der Waals surface area contributed by atoms with Crippen LogP contribution >= 0.6 is 15.9 Å². The number of nitrogens with zero attached hydrogens (tertiary/aromatic N) is 8. The van der Waals surface area contributed by atoms with E-state index in [1.165, 1.54) is 12.1 Å². The summed E-state index contributed by atoms with van der Waals surface area (Å²) in [6, 6.07) is 32.9. The molecule has 0 saturated carbocycles. The summed E-state index contributed by atoms with van der Waals surface area (Å²) in [5.74, 6) is -1.24. The molecular weight excluding hydrogens is 1150 g/mol. The van der Waals surface area contributed by atoms with Crippen molar-refractivity contribution in [2.45, 2.75) is 27.1 Å². The first-order chi connectivity index (χ1) is 40.8.